The summed E-state index contributed by atoms with van der Waals surface area (Å²) in [4.78, 5) is 13.0. The maximum Gasteiger partial charge on any atom is 0.240 e. The van der Waals surface area contributed by atoms with E-state index in [2.05, 4.69) is 10.9 Å². The van der Waals surface area contributed by atoms with E-state index >= 15 is 0 Å². The number of carbonyl (C=O) groups is 1. The Kier molecular flexibility index (Phi) is 4.69. The number of thiophene rings is 1. The van der Waals surface area contributed by atoms with E-state index in [-0.39, 0.29) is 11.9 Å². The number of benzene rings is 1. The van der Waals surface area contributed by atoms with E-state index in [1.807, 2.05) is 41.8 Å². The molecule has 22 heavy (non-hydrogen) atoms. The van der Waals surface area contributed by atoms with Gasteiger partial charge in [-0.15, -0.1) is 11.3 Å². The quantitative estimate of drug-likeness (QED) is 0.547. The molecule has 6 nitrogen and oxygen atoms in total. The molecule has 1 aliphatic rings. The number of amides is 1. The van der Waals surface area contributed by atoms with Gasteiger partial charge in [-0.05, 0) is 35.6 Å². The average molecular weight is 318 g/mol. The molecule has 1 atom stereocenters. The lowest BCUT2D eigenvalue weighted by Crippen LogP contribution is -2.48. The van der Waals surface area contributed by atoms with Crippen LogP contribution in [-0.4, -0.2) is 23.6 Å². The van der Waals surface area contributed by atoms with Crippen LogP contribution < -0.4 is 21.4 Å². The molecular weight excluding hydrogens is 300 g/mol. The summed E-state index contributed by atoms with van der Waals surface area (Å²) in [5, 5.41) is 6.48. The lowest BCUT2D eigenvalue weighted by Gasteiger charge is -2.19. The van der Waals surface area contributed by atoms with Gasteiger partial charge in [0.15, 0.2) is 0 Å². The molecule has 1 amide bonds. The molecule has 1 saturated heterocycles. The van der Waals surface area contributed by atoms with Gasteiger partial charge in [-0.3, -0.25) is 10.6 Å². The minimum absolute atomic E-state index is 0.0176. The zero-order valence-corrected chi connectivity index (χ0v) is 12.8. The van der Waals surface area contributed by atoms with Gasteiger partial charge in [-0.25, -0.2) is 0 Å². The number of hydrogen-bond donors (Lipinski definition) is 3. The summed E-state index contributed by atoms with van der Waals surface area (Å²) in [6.07, 6.45) is 0.598. The van der Waals surface area contributed by atoms with Gasteiger partial charge >= 0.3 is 0 Å². The maximum atomic E-state index is 11.8. The van der Waals surface area contributed by atoms with Crippen LogP contribution in [0.2, 0.25) is 0 Å². The van der Waals surface area contributed by atoms with Crippen molar-refractivity contribution in [2.24, 2.45) is 5.84 Å². The van der Waals surface area contributed by atoms with E-state index in [1.165, 1.54) is 4.88 Å². The lowest BCUT2D eigenvalue weighted by molar-refractivity contribution is -0.121. The predicted molar refractivity (Wildman–Crippen MR) is 84.8 cm³/mol. The maximum absolute atomic E-state index is 11.8. The summed E-state index contributed by atoms with van der Waals surface area (Å²) in [6, 6.07) is 11.6. The van der Waals surface area contributed by atoms with Crippen LogP contribution in [0.5, 0.6) is 5.75 Å². The molecule has 1 unspecified atom stereocenters. The van der Waals surface area contributed by atoms with E-state index < -0.39 is 0 Å². The fourth-order valence-corrected chi connectivity index (χ4v) is 2.98. The van der Waals surface area contributed by atoms with Crippen molar-refractivity contribution in [3.05, 3.63) is 52.2 Å². The Morgan fingerprint density at radius 3 is 2.86 bits per heavy atom. The number of carbonyl (C=O) groups excluding carboxylic acids is 1. The summed E-state index contributed by atoms with van der Waals surface area (Å²) in [5.41, 5.74) is 3.60. The van der Waals surface area contributed by atoms with Gasteiger partial charge in [0.1, 0.15) is 18.4 Å². The van der Waals surface area contributed by atoms with Crippen LogP contribution in [0, 0.1) is 0 Å². The molecule has 1 fully saturated rings. The molecular formula is C15H18N4O2S. The molecule has 0 saturated carbocycles. The molecule has 1 aliphatic heterocycles. The number of rotatable bonds is 6. The first kappa shape index (κ1) is 15.0. The van der Waals surface area contributed by atoms with E-state index in [9.17, 15) is 4.79 Å². The van der Waals surface area contributed by atoms with E-state index in [1.54, 1.807) is 16.3 Å². The fourth-order valence-electron chi connectivity index (χ4n) is 2.37. The Labute approximate surface area is 132 Å². The largest absolute Gasteiger partial charge is 0.488 e. The number of nitrogens with zero attached hydrogens (tertiary/aromatic N) is 1. The number of hydrazine groups is 2. The smallest absolute Gasteiger partial charge is 0.240 e. The molecule has 0 bridgehead atoms. The van der Waals surface area contributed by atoms with Crippen molar-refractivity contribution in [3.8, 4) is 5.75 Å². The number of nitrogens with one attached hydrogen (secondary N) is 2. The summed E-state index contributed by atoms with van der Waals surface area (Å²) < 4.78 is 5.73. The molecule has 7 heteroatoms. The normalized spacial score (nSPS) is 18.4. The highest BCUT2D eigenvalue weighted by molar-refractivity contribution is 7.09. The van der Waals surface area contributed by atoms with Crippen LogP contribution in [0.3, 0.4) is 0 Å². The Morgan fingerprint density at radius 1 is 1.36 bits per heavy atom. The van der Waals surface area contributed by atoms with E-state index in [4.69, 9.17) is 10.6 Å². The molecule has 0 radical (unpaired) electrons. The Bertz CT molecular complexity index is 615. The first-order valence-electron chi connectivity index (χ1n) is 7.01. The van der Waals surface area contributed by atoms with Crippen LogP contribution in [0.1, 0.15) is 10.4 Å². The Balaban J connectivity index is 1.58. The second-order valence-corrected chi connectivity index (χ2v) is 6.06. The second-order valence-electron chi connectivity index (χ2n) is 5.03. The highest BCUT2D eigenvalue weighted by atomic mass is 32.1. The third-order valence-corrected chi connectivity index (χ3v) is 4.43. The molecule has 1 aromatic heterocycles. The predicted octanol–water partition coefficient (Wildman–Crippen LogP) is 1.01. The molecule has 1 aromatic carbocycles. The number of nitrogens with two attached hydrogens (primary N) is 1. The summed E-state index contributed by atoms with van der Waals surface area (Å²) in [6.45, 7) is 0.995. The van der Waals surface area contributed by atoms with E-state index in [0.29, 0.717) is 19.7 Å². The summed E-state index contributed by atoms with van der Waals surface area (Å²) in [7, 11) is 0. The first-order valence-corrected chi connectivity index (χ1v) is 7.89. The van der Waals surface area contributed by atoms with E-state index in [0.717, 1.165) is 11.3 Å². The molecule has 3 rings (SSSR count). The second kappa shape index (κ2) is 6.89. The molecule has 0 spiro atoms. The average Bonchev–Trinajstić information content (AvgIpc) is 3.17. The third-order valence-electron chi connectivity index (χ3n) is 3.58. The summed E-state index contributed by atoms with van der Waals surface area (Å²) in [5.74, 6) is 6.22. The molecule has 0 aliphatic carbocycles. The van der Waals surface area contributed by atoms with Gasteiger partial charge in [0, 0.05) is 4.88 Å². The molecule has 2 aromatic rings. The number of ether oxygens (including phenoxy) is 1. The summed E-state index contributed by atoms with van der Waals surface area (Å²) >= 11 is 1.68. The van der Waals surface area contributed by atoms with Crippen molar-refractivity contribution in [2.75, 3.05) is 6.67 Å². The lowest BCUT2D eigenvalue weighted by atomic mass is 10.1. The van der Waals surface area contributed by atoms with Crippen LogP contribution in [0.15, 0.2) is 41.8 Å². The third kappa shape index (κ3) is 3.45. The number of hydrogen-bond acceptors (Lipinski definition) is 6. The SMILES string of the molecule is NNN1CNC(=O)C1Cc1ccc(OCc2cccs2)cc1. The van der Waals surface area contributed by atoms with Crippen molar-refractivity contribution in [1.29, 1.82) is 0 Å². The topological polar surface area (TPSA) is 79.6 Å². The van der Waals surface area contributed by atoms with Gasteiger partial charge in [0.25, 0.3) is 0 Å². The van der Waals surface area contributed by atoms with Gasteiger partial charge in [-0.2, -0.15) is 10.5 Å². The van der Waals surface area contributed by atoms with Crippen molar-refractivity contribution in [3.63, 3.8) is 0 Å². The highest BCUT2D eigenvalue weighted by Gasteiger charge is 2.31. The zero-order valence-electron chi connectivity index (χ0n) is 12.0. The van der Waals surface area contributed by atoms with Gasteiger partial charge < -0.3 is 10.1 Å². The standard InChI is InChI=1S/C15H18N4O2S/c16-18-19-10-17-15(20)14(19)8-11-3-5-12(6-4-11)21-9-13-2-1-7-22-13/h1-7,14,18H,8-10,16H2,(H,17,20). The minimum atomic E-state index is -0.289. The minimum Gasteiger partial charge on any atom is -0.488 e. The van der Waals surface area contributed by atoms with Gasteiger partial charge in [0.05, 0.1) is 6.67 Å². The first-order chi connectivity index (χ1) is 10.8. The fraction of sp³-hybridized carbons (Fsp3) is 0.267. The van der Waals surface area contributed by atoms with Crippen molar-refractivity contribution in [1.82, 2.24) is 15.9 Å². The monoisotopic (exact) mass is 318 g/mol. The zero-order chi connectivity index (χ0) is 15.4. The van der Waals surface area contributed by atoms with Gasteiger partial charge in [0.2, 0.25) is 5.91 Å². The highest BCUT2D eigenvalue weighted by Crippen LogP contribution is 2.18. The molecule has 2 heterocycles. The Morgan fingerprint density at radius 2 is 2.18 bits per heavy atom. The van der Waals surface area contributed by atoms with Crippen molar-refractivity contribution in [2.45, 2.75) is 19.1 Å². The van der Waals surface area contributed by atoms with Crippen molar-refractivity contribution >= 4 is 17.2 Å². The van der Waals surface area contributed by atoms with Crippen LogP contribution >= 0.6 is 11.3 Å². The van der Waals surface area contributed by atoms with Crippen LogP contribution in [0.4, 0.5) is 0 Å². The molecule has 116 valence electrons. The van der Waals surface area contributed by atoms with Crippen LogP contribution in [-0.2, 0) is 17.8 Å². The van der Waals surface area contributed by atoms with Crippen LogP contribution in [0.25, 0.3) is 0 Å². The van der Waals surface area contributed by atoms with Gasteiger partial charge in [-0.1, -0.05) is 18.2 Å². The molecule has 4 N–H and O–H groups in total. The Hall–Kier alpha value is -1.93. The van der Waals surface area contributed by atoms with Crippen molar-refractivity contribution < 1.29 is 9.53 Å².